The summed E-state index contributed by atoms with van der Waals surface area (Å²) in [6, 6.07) is 0. The number of Topliss-reactive ketones (excluding diaryl/α,β-unsaturated/α-hetero) is 1. The molecule has 0 N–H and O–H groups in total. The molecule has 1 aliphatic carbocycles. The van der Waals surface area contributed by atoms with Gasteiger partial charge in [-0.2, -0.15) is 0 Å². The number of hydrogen-bond donors (Lipinski definition) is 0. The molecule has 0 saturated carbocycles. The van der Waals surface area contributed by atoms with E-state index in [1.807, 2.05) is 0 Å². The molecule has 0 saturated heterocycles. The second-order valence-electron chi connectivity index (χ2n) is 2.66. The highest BCUT2D eigenvalue weighted by Gasteiger charge is 2.22. The molecule has 3 nitrogen and oxygen atoms in total. The molecule has 60 valence electrons. The van der Waals surface area contributed by atoms with Crippen LogP contribution in [-0.4, -0.2) is 11.8 Å². The summed E-state index contributed by atoms with van der Waals surface area (Å²) in [6.07, 6.45) is 1.95. The summed E-state index contributed by atoms with van der Waals surface area (Å²) >= 11 is 0. The first-order valence-corrected chi connectivity index (χ1v) is 3.51. The second kappa shape index (κ2) is 2.86. The minimum absolute atomic E-state index is 0.0932. The summed E-state index contributed by atoms with van der Waals surface area (Å²) in [5.41, 5.74) is 0. The first-order chi connectivity index (χ1) is 5.09. The molecule has 1 atom stereocenters. The summed E-state index contributed by atoms with van der Waals surface area (Å²) in [5.74, 6) is 0.152. The monoisotopic (exact) mass is 154 g/mol. The van der Waals surface area contributed by atoms with Crippen LogP contribution in [0.4, 0.5) is 0 Å². The summed E-state index contributed by atoms with van der Waals surface area (Å²) in [7, 11) is 0. The average molecular weight is 154 g/mol. The topological polar surface area (TPSA) is 43.4 Å². The molecule has 1 rings (SSSR count). The summed E-state index contributed by atoms with van der Waals surface area (Å²) in [5, 5.41) is 0. The Hall–Kier alpha value is -1.12. The minimum atomic E-state index is -0.363. The van der Waals surface area contributed by atoms with Gasteiger partial charge in [0, 0.05) is 12.8 Å². The number of rotatable bonds is 1. The van der Waals surface area contributed by atoms with Crippen LogP contribution in [0.5, 0.6) is 0 Å². The Kier molecular flexibility index (Phi) is 2.08. The first kappa shape index (κ1) is 7.98. The highest BCUT2D eigenvalue weighted by Crippen LogP contribution is 2.20. The largest absolute Gasteiger partial charge is 0.431 e. The third-order valence-corrected chi connectivity index (χ3v) is 1.57. The first-order valence-electron chi connectivity index (χ1n) is 3.51. The number of carbonyl (C=O) groups excluding carboxylic acids is 2. The molecule has 0 spiro atoms. The van der Waals surface area contributed by atoms with Gasteiger partial charge in [0.2, 0.25) is 0 Å². The smallest absolute Gasteiger partial charge is 0.307 e. The minimum Gasteiger partial charge on any atom is -0.431 e. The Bertz CT molecular complexity index is 227. The van der Waals surface area contributed by atoms with E-state index < -0.39 is 0 Å². The van der Waals surface area contributed by atoms with E-state index in [0.717, 1.165) is 0 Å². The molecule has 0 aromatic rings. The van der Waals surface area contributed by atoms with Gasteiger partial charge in [0.1, 0.15) is 11.5 Å². The van der Waals surface area contributed by atoms with Crippen molar-refractivity contribution in [2.45, 2.75) is 20.3 Å². The molecule has 0 radical (unpaired) electrons. The number of ether oxygens (including phenoxy) is 1. The second-order valence-corrected chi connectivity index (χ2v) is 2.66. The number of carbonyl (C=O) groups is 2. The van der Waals surface area contributed by atoms with Gasteiger partial charge in [0.25, 0.3) is 0 Å². The molecule has 1 aliphatic rings. The van der Waals surface area contributed by atoms with Crippen LogP contribution in [0, 0.1) is 5.92 Å². The molecule has 0 aromatic heterocycles. The molecule has 0 fully saturated rings. The Balaban J connectivity index is 2.57. The molecule has 3 heteroatoms. The summed E-state index contributed by atoms with van der Waals surface area (Å²) in [6.45, 7) is 3.12. The normalized spacial score (nSPS) is 23.3. The van der Waals surface area contributed by atoms with E-state index in [-0.39, 0.29) is 24.1 Å². The lowest BCUT2D eigenvalue weighted by atomic mass is 10.1. The molecule has 0 bridgehead atoms. The van der Waals surface area contributed by atoms with Gasteiger partial charge in [-0.3, -0.25) is 9.59 Å². The van der Waals surface area contributed by atoms with E-state index in [0.29, 0.717) is 5.76 Å². The number of ketones is 1. The van der Waals surface area contributed by atoms with Crippen molar-refractivity contribution in [2.75, 3.05) is 0 Å². The maximum Gasteiger partial charge on any atom is 0.307 e. The van der Waals surface area contributed by atoms with Crippen molar-refractivity contribution >= 4 is 11.8 Å². The SMILES string of the molecule is CC(=O)OC1=CC(C)C(=O)C1. The van der Waals surface area contributed by atoms with Gasteiger partial charge in [-0.05, 0) is 6.08 Å². The van der Waals surface area contributed by atoms with Crippen LogP contribution in [0.25, 0.3) is 0 Å². The zero-order valence-electron chi connectivity index (χ0n) is 6.59. The molecule has 0 amide bonds. The van der Waals surface area contributed by atoms with Crippen molar-refractivity contribution in [2.24, 2.45) is 5.92 Å². The quantitative estimate of drug-likeness (QED) is 0.530. The Labute approximate surface area is 65.0 Å². The van der Waals surface area contributed by atoms with Crippen molar-refractivity contribution in [1.82, 2.24) is 0 Å². The van der Waals surface area contributed by atoms with Gasteiger partial charge >= 0.3 is 5.97 Å². The molecule has 1 unspecified atom stereocenters. The highest BCUT2D eigenvalue weighted by atomic mass is 16.5. The average Bonchev–Trinajstić information content (AvgIpc) is 2.10. The predicted octanol–water partition coefficient (Wildman–Crippen LogP) is 1.04. The van der Waals surface area contributed by atoms with Crippen LogP contribution in [0.1, 0.15) is 20.3 Å². The Morgan fingerprint density at radius 2 is 2.36 bits per heavy atom. The molecule has 0 aromatic carbocycles. The summed E-state index contributed by atoms with van der Waals surface area (Å²) in [4.78, 5) is 21.4. The van der Waals surface area contributed by atoms with Crippen LogP contribution in [-0.2, 0) is 14.3 Å². The molecular weight excluding hydrogens is 144 g/mol. The zero-order valence-corrected chi connectivity index (χ0v) is 6.59. The van der Waals surface area contributed by atoms with E-state index in [4.69, 9.17) is 4.74 Å². The Morgan fingerprint density at radius 3 is 2.73 bits per heavy atom. The van der Waals surface area contributed by atoms with E-state index >= 15 is 0 Å². The van der Waals surface area contributed by atoms with Crippen LogP contribution in [0.2, 0.25) is 0 Å². The van der Waals surface area contributed by atoms with Crippen molar-refractivity contribution < 1.29 is 14.3 Å². The van der Waals surface area contributed by atoms with Gasteiger partial charge < -0.3 is 4.74 Å². The van der Waals surface area contributed by atoms with Crippen LogP contribution in [0.15, 0.2) is 11.8 Å². The number of hydrogen-bond acceptors (Lipinski definition) is 3. The van der Waals surface area contributed by atoms with Gasteiger partial charge in [-0.25, -0.2) is 0 Å². The number of allylic oxidation sites excluding steroid dienone is 2. The van der Waals surface area contributed by atoms with Crippen molar-refractivity contribution in [3.8, 4) is 0 Å². The van der Waals surface area contributed by atoms with Crippen LogP contribution >= 0.6 is 0 Å². The molecule has 0 aliphatic heterocycles. The molecule has 0 heterocycles. The maximum absolute atomic E-state index is 10.9. The van der Waals surface area contributed by atoms with E-state index in [1.54, 1.807) is 13.0 Å². The fourth-order valence-electron chi connectivity index (χ4n) is 1.02. The van der Waals surface area contributed by atoms with E-state index in [1.165, 1.54) is 6.92 Å². The Morgan fingerprint density at radius 1 is 1.73 bits per heavy atom. The fraction of sp³-hybridized carbons (Fsp3) is 0.500. The lowest BCUT2D eigenvalue weighted by Crippen LogP contribution is -2.01. The zero-order chi connectivity index (χ0) is 8.43. The lowest BCUT2D eigenvalue weighted by Gasteiger charge is -1.97. The lowest BCUT2D eigenvalue weighted by molar-refractivity contribution is -0.137. The standard InChI is InChI=1S/C8H10O3/c1-5-3-7(4-8(5)10)11-6(2)9/h3,5H,4H2,1-2H3. The van der Waals surface area contributed by atoms with Crippen molar-refractivity contribution in [3.63, 3.8) is 0 Å². The van der Waals surface area contributed by atoms with E-state index in [2.05, 4.69) is 0 Å². The molecular formula is C8H10O3. The van der Waals surface area contributed by atoms with Gasteiger partial charge in [-0.1, -0.05) is 6.92 Å². The van der Waals surface area contributed by atoms with Crippen LogP contribution < -0.4 is 0 Å². The van der Waals surface area contributed by atoms with Gasteiger partial charge in [0.15, 0.2) is 0 Å². The number of esters is 1. The van der Waals surface area contributed by atoms with Gasteiger partial charge in [0.05, 0.1) is 6.42 Å². The van der Waals surface area contributed by atoms with E-state index in [9.17, 15) is 9.59 Å². The molecule has 11 heavy (non-hydrogen) atoms. The van der Waals surface area contributed by atoms with Crippen molar-refractivity contribution in [1.29, 1.82) is 0 Å². The highest BCUT2D eigenvalue weighted by molar-refractivity contribution is 5.87. The predicted molar refractivity (Wildman–Crippen MR) is 38.6 cm³/mol. The van der Waals surface area contributed by atoms with Crippen molar-refractivity contribution in [3.05, 3.63) is 11.8 Å². The fourth-order valence-corrected chi connectivity index (χ4v) is 1.02. The maximum atomic E-state index is 10.9. The third kappa shape index (κ3) is 1.90. The van der Waals surface area contributed by atoms with Gasteiger partial charge in [-0.15, -0.1) is 0 Å². The summed E-state index contributed by atoms with van der Waals surface area (Å²) < 4.78 is 4.75. The third-order valence-electron chi connectivity index (χ3n) is 1.57. The van der Waals surface area contributed by atoms with Crippen LogP contribution in [0.3, 0.4) is 0 Å².